The van der Waals surface area contributed by atoms with Gasteiger partial charge in [0.15, 0.2) is 6.19 Å². The molecule has 2 fully saturated rings. The number of carbonyl (C=O) groups excluding carboxylic acids is 1. The molecule has 2 aliphatic carbocycles. The molecule has 1 atom stereocenters. The molecule has 1 aromatic rings. The van der Waals surface area contributed by atoms with E-state index >= 15 is 0 Å². The standard InChI is InChI=1S/C17H21N3O/c1-13(14-7-8-14)20(16-9-10-16)17(21)11-19(12-18)15-5-3-2-4-6-15/h2-6,13-14,16H,7-11H2,1H3. The van der Waals surface area contributed by atoms with Gasteiger partial charge >= 0.3 is 0 Å². The monoisotopic (exact) mass is 283 g/mol. The molecule has 0 spiro atoms. The molecule has 0 aliphatic heterocycles. The number of hydrogen-bond acceptors (Lipinski definition) is 3. The third-order valence-electron chi connectivity index (χ3n) is 4.45. The number of nitriles is 1. The summed E-state index contributed by atoms with van der Waals surface area (Å²) in [6.45, 7) is 2.31. The van der Waals surface area contributed by atoms with E-state index in [-0.39, 0.29) is 12.5 Å². The second-order valence-corrected chi connectivity index (χ2v) is 6.13. The van der Waals surface area contributed by atoms with Crippen molar-refractivity contribution in [1.29, 1.82) is 5.26 Å². The van der Waals surface area contributed by atoms with Gasteiger partial charge in [0.05, 0.1) is 5.69 Å². The third kappa shape index (κ3) is 3.18. The number of para-hydroxylation sites is 1. The van der Waals surface area contributed by atoms with Crippen LogP contribution in [-0.4, -0.2) is 29.4 Å². The molecule has 0 bridgehead atoms. The molecule has 0 aromatic heterocycles. The molecule has 4 heteroatoms. The third-order valence-corrected chi connectivity index (χ3v) is 4.45. The minimum absolute atomic E-state index is 0.0855. The van der Waals surface area contributed by atoms with Gasteiger partial charge in [0, 0.05) is 12.1 Å². The van der Waals surface area contributed by atoms with E-state index in [2.05, 4.69) is 13.1 Å². The van der Waals surface area contributed by atoms with Crippen molar-refractivity contribution in [2.75, 3.05) is 11.4 Å². The molecule has 21 heavy (non-hydrogen) atoms. The lowest BCUT2D eigenvalue weighted by molar-refractivity contribution is -0.132. The van der Waals surface area contributed by atoms with Crippen LogP contribution in [0.5, 0.6) is 0 Å². The Morgan fingerprint density at radius 3 is 2.48 bits per heavy atom. The van der Waals surface area contributed by atoms with Crippen LogP contribution in [0.1, 0.15) is 32.6 Å². The van der Waals surface area contributed by atoms with Crippen LogP contribution in [0.2, 0.25) is 0 Å². The molecule has 0 saturated heterocycles. The minimum atomic E-state index is 0.0855. The van der Waals surface area contributed by atoms with Gasteiger partial charge in [-0.2, -0.15) is 5.26 Å². The first-order valence-electron chi connectivity index (χ1n) is 7.74. The molecule has 4 nitrogen and oxygen atoms in total. The highest BCUT2D eigenvalue weighted by molar-refractivity contribution is 5.83. The van der Waals surface area contributed by atoms with Gasteiger partial charge in [0.2, 0.25) is 5.91 Å². The van der Waals surface area contributed by atoms with Gasteiger partial charge in [0.25, 0.3) is 0 Å². The molecule has 1 aromatic carbocycles. The van der Waals surface area contributed by atoms with Gasteiger partial charge in [0.1, 0.15) is 6.54 Å². The Hall–Kier alpha value is -2.02. The molecule has 1 amide bonds. The number of carbonyl (C=O) groups is 1. The maximum atomic E-state index is 12.7. The summed E-state index contributed by atoms with van der Waals surface area (Å²) in [6.07, 6.45) is 6.83. The fourth-order valence-corrected chi connectivity index (χ4v) is 2.93. The Morgan fingerprint density at radius 2 is 1.95 bits per heavy atom. The molecule has 2 saturated carbocycles. The molecule has 110 valence electrons. The zero-order chi connectivity index (χ0) is 14.8. The predicted octanol–water partition coefficient (Wildman–Crippen LogP) is 2.76. The van der Waals surface area contributed by atoms with Gasteiger partial charge in [-0.3, -0.25) is 9.69 Å². The van der Waals surface area contributed by atoms with Crippen molar-refractivity contribution in [3.8, 4) is 6.19 Å². The highest BCUT2D eigenvalue weighted by atomic mass is 16.2. The van der Waals surface area contributed by atoms with Crippen LogP contribution in [0.15, 0.2) is 30.3 Å². The normalized spacial score (nSPS) is 18.7. The van der Waals surface area contributed by atoms with E-state index in [1.54, 1.807) is 0 Å². The minimum Gasteiger partial charge on any atom is -0.335 e. The first-order chi connectivity index (χ1) is 10.2. The lowest BCUT2D eigenvalue weighted by atomic mass is 10.1. The second kappa shape index (κ2) is 5.77. The van der Waals surface area contributed by atoms with Crippen molar-refractivity contribution in [3.05, 3.63) is 30.3 Å². The predicted molar refractivity (Wildman–Crippen MR) is 81.5 cm³/mol. The van der Waals surface area contributed by atoms with Crippen LogP contribution in [0.3, 0.4) is 0 Å². The summed E-state index contributed by atoms with van der Waals surface area (Å²) in [5.41, 5.74) is 0.781. The lowest BCUT2D eigenvalue weighted by Crippen LogP contribution is -2.46. The number of hydrogen-bond donors (Lipinski definition) is 0. The quantitative estimate of drug-likeness (QED) is 0.596. The average molecular weight is 283 g/mol. The number of amides is 1. The van der Waals surface area contributed by atoms with Crippen molar-refractivity contribution < 1.29 is 4.79 Å². The van der Waals surface area contributed by atoms with Crippen LogP contribution in [-0.2, 0) is 4.79 Å². The van der Waals surface area contributed by atoms with Gasteiger partial charge in [-0.05, 0) is 50.7 Å². The van der Waals surface area contributed by atoms with E-state index in [4.69, 9.17) is 0 Å². The lowest BCUT2D eigenvalue weighted by Gasteiger charge is -2.31. The Labute approximate surface area is 126 Å². The fourth-order valence-electron chi connectivity index (χ4n) is 2.93. The maximum absolute atomic E-state index is 12.7. The summed E-state index contributed by atoms with van der Waals surface area (Å²) < 4.78 is 0. The van der Waals surface area contributed by atoms with E-state index in [1.165, 1.54) is 17.7 Å². The first-order valence-corrected chi connectivity index (χ1v) is 7.74. The SMILES string of the molecule is CC(C1CC1)N(C(=O)CN(C#N)c1ccccc1)C1CC1. The van der Waals surface area contributed by atoms with E-state index in [0.717, 1.165) is 18.5 Å². The van der Waals surface area contributed by atoms with Crippen LogP contribution in [0, 0.1) is 17.4 Å². The molecule has 0 radical (unpaired) electrons. The Bertz CT molecular complexity index is 543. The highest BCUT2D eigenvalue weighted by Crippen LogP contribution is 2.39. The van der Waals surface area contributed by atoms with Gasteiger partial charge in [-0.1, -0.05) is 18.2 Å². The zero-order valence-corrected chi connectivity index (χ0v) is 12.4. The van der Waals surface area contributed by atoms with E-state index in [1.807, 2.05) is 35.2 Å². The molecule has 1 unspecified atom stereocenters. The van der Waals surface area contributed by atoms with E-state index in [9.17, 15) is 10.1 Å². The smallest absolute Gasteiger partial charge is 0.243 e. The average Bonchev–Trinajstić information content (AvgIpc) is 3.38. The topological polar surface area (TPSA) is 47.3 Å². The maximum Gasteiger partial charge on any atom is 0.243 e. The van der Waals surface area contributed by atoms with Crippen LogP contribution >= 0.6 is 0 Å². The van der Waals surface area contributed by atoms with Gasteiger partial charge in [-0.25, -0.2) is 0 Å². The summed E-state index contributed by atoms with van der Waals surface area (Å²) in [5, 5.41) is 9.33. The van der Waals surface area contributed by atoms with Crippen molar-refractivity contribution in [3.63, 3.8) is 0 Å². The number of nitrogens with zero attached hydrogens (tertiary/aromatic N) is 3. The molecular weight excluding hydrogens is 262 g/mol. The largest absolute Gasteiger partial charge is 0.335 e. The first kappa shape index (κ1) is 13.9. The summed E-state index contributed by atoms with van der Waals surface area (Å²) >= 11 is 0. The summed E-state index contributed by atoms with van der Waals surface area (Å²) in [4.78, 5) is 16.2. The number of benzene rings is 1. The fraction of sp³-hybridized carbons (Fsp3) is 0.529. The summed E-state index contributed by atoms with van der Waals surface area (Å²) in [5.74, 6) is 0.754. The van der Waals surface area contributed by atoms with Gasteiger partial charge in [-0.15, -0.1) is 0 Å². The number of rotatable bonds is 6. The van der Waals surface area contributed by atoms with Crippen molar-refractivity contribution in [1.82, 2.24) is 4.90 Å². The second-order valence-electron chi connectivity index (χ2n) is 6.13. The highest BCUT2D eigenvalue weighted by Gasteiger charge is 2.41. The molecule has 0 N–H and O–H groups in total. The van der Waals surface area contributed by atoms with Crippen molar-refractivity contribution >= 4 is 11.6 Å². The Balaban J connectivity index is 1.69. The summed E-state index contributed by atoms with van der Waals surface area (Å²) in [6, 6.07) is 10.1. The van der Waals surface area contributed by atoms with Crippen LogP contribution < -0.4 is 4.90 Å². The van der Waals surface area contributed by atoms with E-state index in [0.29, 0.717) is 18.0 Å². The molecule has 3 rings (SSSR count). The van der Waals surface area contributed by atoms with Crippen molar-refractivity contribution in [2.24, 2.45) is 5.92 Å². The van der Waals surface area contributed by atoms with Crippen molar-refractivity contribution in [2.45, 2.75) is 44.7 Å². The number of anilines is 1. The summed E-state index contributed by atoms with van der Waals surface area (Å²) in [7, 11) is 0. The Kier molecular flexibility index (Phi) is 3.83. The van der Waals surface area contributed by atoms with Gasteiger partial charge < -0.3 is 4.90 Å². The molecule has 0 heterocycles. The van der Waals surface area contributed by atoms with Crippen LogP contribution in [0.25, 0.3) is 0 Å². The zero-order valence-electron chi connectivity index (χ0n) is 12.4. The molecule has 2 aliphatic rings. The van der Waals surface area contributed by atoms with Crippen LogP contribution in [0.4, 0.5) is 5.69 Å². The molecular formula is C17H21N3O. The van der Waals surface area contributed by atoms with E-state index < -0.39 is 0 Å². The Morgan fingerprint density at radius 1 is 1.29 bits per heavy atom.